The van der Waals surface area contributed by atoms with Gasteiger partial charge >= 0.3 is 0 Å². The zero-order valence-electron chi connectivity index (χ0n) is 9.28. The predicted octanol–water partition coefficient (Wildman–Crippen LogP) is 3.44. The molecule has 4 heteroatoms. The summed E-state index contributed by atoms with van der Waals surface area (Å²) in [6.45, 7) is 2.37. The summed E-state index contributed by atoms with van der Waals surface area (Å²) in [6.07, 6.45) is 0. The van der Waals surface area contributed by atoms with Crippen molar-refractivity contribution in [3.63, 3.8) is 0 Å². The van der Waals surface area contributed by atoms with Gasteiger partial charge in [0, 0.05) is 22.6 Å². The average molecular weight is 296 g/mol. The summed E-state index contributed by atoms with van der Waals surface area (Å²) in [5, 5.41) is 0. The number of hydrogen-bond donors (Lipinski definition) is 0. The molecule has 0 N–H and O–H groups in total. The van der Waals surface area contributed by atoms with Crippen LogP contribution in [-0.2, 0) is 6.54 Å². The lowest BCUT2D eigenvalue weighted by atomic mass is 10.1. The molecule has 0 aliphatic heterocycles. The van der Waals surface area contributed by atoms with Crippen LogP contribution in [0.15, 0.2) is 45.7 Å². The Hall–Kier alpha value is -1.42. The minimum Gasteiger partial charge on any atom is -0.308 e. The van der Waals surface area contributed by atoms with Crippen molar-refractivity contribution in [2.75, 3.05) is 0 Å². The first-order valence-electron chi connectivity index (χ1n) is 5.29. The second-order valence-electron chi connectivity index (χ2n) is 3.59. The molecule has 17 heavy (non-hydrogen) atoms. The number of pyridine rings is 1. The number of halogens is 2. The van der Waals surface area contributed by atoms with Crippen LogP contribution in [0.5, 0.6) is 0 Å². The molecule has 0 saturated heterocycles. The van der Waals surface area contributed by atoms with Gasteiger partial charge in [0.2, 0.25) is 0 Å². The van der Waals surface area contributed by atoms with Crippen molar-refractivity contribution in [1.29, 1.82) is 0 Å². The van der Waals surface area contributed by atoms with E-state index in [2.05, 4.69) is 15.9 Å². The van der Waals surface area contributed by atoms with Crippen molar-refractivity contribution >= 4 is 15.9 Å². The molecule has 1 aromatic heterocycles. The van der Waals surface area contributed by atoms with Crippen LogP contribution < -0.4 is 5.56 Å². The summed E-state index contributed by atoms with van der Waals surface area (Å²) in [5.41, 5.74) is 0.886. The number of aromatic nitrogens is 1. The number of nitrogens with zero attached hydrogens (tertiary/aromatic N) is 1. The average Bonchev–Trinajstić information content (AvgIpc) is 2.29. The molecule has 0 amide bonds. The van der Waals surface area contributed by atoms with Gasteiger partial charge in [-0.25, -0.2) is 4.39 Å². The highest BCUT2D eigenvalue weighted by Gasteiger charge is 2.12. The van der Waals surface area contributed by atoms with Crippen molar-refractivity contribution in [3.8, 4) is 11.3 Å². The molecular formula is C13H11BrFNO. The fourth-order valence-electron chi connectivity index (χ4n) is 1.81. The Morgan fingerprint density at radius 2 is 1.94 bits per heavy atom. The highest BCUT2D eigenvalue weighted by atomic mass is 79.9. The molecular weight excluding hydrogens is 285 g/mol. The quantitative estimate of drug-likeness (QED) is 0.832. The van der Waals surface area contributed by atoms with Gasteiger partial charge in [0.1, 0.15) is 5.82 Å². The summed E-state index contributed by atoms with van der Waals surface area (Å²) in [4.78, 5) is 11.7. The maximum atomic E-state index is 13.8. The third-order valence-electron chi connectivity index (χ3n) is 2.58. The van der Waals surface area contributed by atoms with Crippen LogP contribution in [0, 0.1) is 5.82 Å². The van der Waals surface area contributed by atoms with E-state index in [1.807, 2.05) is 6.92 Å². The Morgan fingerprint density at radius 1 is 1.24 bits per heavy atom. The number of hydrogen-bond acceptors (Lipinski definition) is 1. The van der Waals surface area contributed by atoms with Gasteiger partial charge in [0.05, 0.1) is 5.69 Å². The molecule has 0 spiro atoms. The van der Waals surface area contributed by atoms with E-state index in [-0.39, 0.29) is 11.4 Å². The zero-order chi connectivity index (χ0) is 12.4. The first-order chi connectivity index (χ1) is 8.15. The van der Waals surface area contributed by atoms with Crippen LogP contribution in [0.3, 0.4) is 0 Å². The largest absolute Gasteiger partial charge is 0.308 e. The van der Waals surface area contributed by atoms with Crippen molar-refractivity contribution in [2.24, 2.45) is 0 Å². The Labute approximate surface area is 107 Å². The van der Waals surface area contributed by atoms with Gasteiger partial charge in [-0.3, -0.25) is 4.79 Å². The van der Waals surface area contributed by atoms with Crippen LogP contribution in [0.1, 0.15) is 6.92 Å². The highest BCUT2D eigenvalue weighted by Crippen LogP contribution is 2.29. The first-order valence-corrected chi connectivity index (χ1v) is 6.08. The van der Waals surface area contributed by atoms with Gasteiger partial charge in [-0.15, -0.1) is 0 Å². The minimum absolute atomic E-state index is 0.125. The molecule has 0 aliphatic rings. The van der Waals surface area contributed by atoms with Crippen molar-refractivity contribution in [3.05, 3.63) is 57.0 Å². The van der Waals surface area contributed by atoms with Crippen LogP contribution in [0.2, 0.25) is 0 Å². The Balaban J connectivity index is 2.77. The van der Waals surface area contributed by atoms with E-state index in [0.29, 0.717) is 22.3 Å². The van der Waals surface area contributed by atoms with E-state index >= 15 is 0 Å². The number of rotatable bonds is 2. The third-order valence-corrected chi connectivity index (χ3v) is 3.25. The fourth-order valence-corrected chi connectivity index (χ4v) is 2.35. The van der Waals surface area contributed by atoms with Gasteiger partial charge in [-0.1, -0.05) is 12.1 Å². The maximum Gasteiger partial charge on any atom is 0.250 e. The lowest BCUT2D eigenvalue weighted by Gasteiger charge is -2.12. The third kappa shape index (κ3) is 2.17. The summed E-state index contributed by atoms with van der Waals surface area (Å²) >= 11 is 3.32. The SMILES string of the molecule is CCn1c(-c2c(F)cccc2Br)cccc1=O. The highest BCUT2D eigenvalue weighted by molar-refractivity contribution is 9.10. The smallest absolute Gasteiger partial charge is 0.250 e. The van der Waals surface area contributed by atoms with Crippen molar-refractivity contribution in [2.45, 2.75) is 13.5 Å². The summed E-state index contributed by atoms with van der Waals surface area (Å²) in [5.74, 6) is -0.341. The van der Waals surface area contributed by atoms with E-state index in [4.69, 9.17) is 0 Å². The first kappa shape index (κ1) is 12.0. The van der Waals surface area contributed by atoms with E-state index in [0.717, 1.165) is 0 Å². The monoisotopic (exact) mass is 295 g/mol. The molecule has 2 nitrogen and oxygen atoms in total. The molecule has 0 unspecified atom stereocenters. The van der Waals surface area contributed by atoms with Crippen LogP contribution in [0.25, 0.3) is 11.3 Å². The lowest BCUT2D eigenvalue weighted by Crippen LogP contribution is -2.19. The molecule has 1 aromatic carbocycles. The number of benzene rings is 1. The van der Waals surface area contributed by atoms with Gasteiger partial charge < -0.3 is 4.57 Å². The Bertz CT molecular complexity index is 586. The molecule has 0 saturated carbocycles. The molecule has 88 valence electrons. The van der Waals surface area contributed by atoms with Gasteiger partial charge in [0.15, 0.2) is 0 Å². The predicted molar refractivity (Wildman–Crippen MR) is 69.5 cm³/mol. The Morgan fingerprint density at radius 3 is 2.59 bits per heavy atom. The van der Waals surface area contributed by atoms with E-state index in [1.54, 1.807) is 28.8 Å². The lowest BCUT2D eigenvalue weighted by molar-refractivity contribution is 0.626. The summed E-state index contributed by atoms with van der Waals surface area (Å²) in [7, 11) is 0. The normalized spacial score (nSPS) is 10.5. The second-order valence-corrected chi connectivity index (χ2v) is 4.44. The molecule has 0 radical (unpaired) electrons. The van der Waals surface area contributed by atoms with Crippen LogP contribution >= 0.6 is 15.9 Å². The molecule has 2 aromatic rings. The zero-order valence-corrected chi connectivity index (χ0v) is 10.9. The molecule has 0 fully saturated rings. The summed E-state index contributed by atoms with van der Waals surface area (Å²) in [6, 6.07) is 9.63. The van der Waals surface area contributed by atoms with E-state index < -0.39 is 0 Å². The fraction of sp³-hybridized carbons (Fsp3) is 0.154. The van der Waals surface area contributed by atoms with Gasteiger partial charge in [0.25, 0.3) is 5.56 Å². The second kappa shape index (κ2) is 4.84. The topological polar surface area (TPSA) is 22.0 Å². The molecule has 2 rings (SSSR count). The molecule has 1 heterocycles. The van der Waals surface area contributed by atoms with Crippen LogP contribution in [-0.4, -0.2) is 4.57 Å². The Kier molecular flexibility index (Phi) is 3.43. The minimum atomic E-state index is -0.341. The van der Waals surface area contributed by atoms with Gasteiger partial charge in [-0.05, 0) is 41.1 Å². The molecule has 0 atom stereocenters. The standard InChI is InChI=1S/C13H11BrFNO/c1-2-16-11(7-4-8-12(16)17)13-9(14)5-3-6-10(13)15/h3-8H,2H2,1H3. The van der Waals surface area contributed by atoms with E-state index in [9.17, 15) is 9.18 Å². The van der Waals surface area contributed by atoms with Crippen LogP contribution in [0.4, 0.5) is 4.39 Å². The van der Waals surface area contributed by atoms with Crippen molar-refractivity contribution < 1.29 is 4.39 Å². The van der Waals surface area contributed by atoms with Crippen molar-refractivity contribution in [1.82, 2.24) is 4.57 Å². The molecule has 0 aliphatic carbocycles. The maximum absolute atomic E-state index is 13.8. The molecule has 0 bridgehead atoms. The summed E-state index contributed by atoms with van der Waals surface area (Å²) < 4.78 is 16.0. The van der Waals surface area contributed by atoms with Gasteiger partial charge in [-0.2, -0.15) is 0 Å². The van der Waals surface area contributed by atoms with E-state index in [1.165, 1.54) is 12.1 Å².